The van der Waals surface area contributed by atoms with Crippen LogP contribution in [0.15, 0.2) is 54.7 Å². The van der Waals surface area contributed by atoms with E-state index >= 15 is 0 Å². The summed E-state index contributed by atoms with van der Waals surface area (Å²) in [5.41, 5.74) is -0.179. The van der Waals surface area contributed by atoms with Gasteiger partial charge in [0, 0.05) is 18.3 Å². The number of nitro benzene ring substituents is 1. The predicted octanol–water partition coefficient (Wildman–Crippen LogP) is 3.31. The minimum Gasteiger partial charge on any atom is -0.318 e. The van der Waals surface area contributed by atoms with Crippen LogP contribution in [-0.4, -0.2) is 20.6 Å². The molecule has 0 saturated carbocycles. The van der Waals surface area contributed by atoms with E-state index in [9.17, 15) is 23.7 Å². The zero-order chi connectivity index (χ0) is 18.0. The highest BCUT2D eigenvalue weighted by molar-refractivity contribution is 6.03. The summed E-state index contributed by atoms with van der Waals surface area (Å²) in [7, 11) is 0. The van der Waals surface area contributed by atoms with Crippen molar-refractivity contribution in [2.45, 2.75) is 0 Å². The van der Waals surface area contributed by atoms with Crippen molar-refractivity contribution in [3.05, 3.63) is 82.2 Å². The lowest BCUT2D eigenvalue weighted by Crippen LogP contribution is -2.14. The van der Waals surface area contributed by atoms with E-state index in [2.05, 4.69) is 10.4 Å². The number of amides is 1. The first-order chi connectivity index (χ1) is 11.9. The zero-order valence-corrected chi connectivity index (χ0v) is 12.5. The standard InChI is InChI=1S/C16H10F2N4O3/c17-10-1-3-11(4-2-10)21-8-7-14(20-21)16(23)19-15-9-12(22(24)25)5-6-13(15)18/h1-9H,(H,19,23). The molecule has 25 heavy (non-hydrogen) atoms. The summed E-state index contributed by atoms with van der Waals surface area (Å²) < 4.78 is 28.0. The number of benzene rings is 2. The second-order valence-corrected chi connectivity index (χ2v) is 5.00. The Hall–Kier alpha value is -3.62. The summed E-state index contributed by atoms with van der Waals surface area (Å²) in [6, 6.07) is 9.64. The van der Waals surface area contributed by atoms with Crippen molar-refractivity contribution in [1.82, 2.24) is 9.78 Å². The lowest BCUT2D eigenvalue weighted by molar-refractivity contribution is -0.384. The maximum absolute atomic E-state index is 13.7. The molecule has 0 saturated heterocycles. The highest BCUT2D eigenvalue weighted by Gasteiger charge is 2.16. The maximum Gasteiger partial charge on any atom is 0.276 e. The highest BCUT2D eigenvalue weighted by atomic mass is 19.1. The van der Waals surface area contributed by atoms with Crippen LogP contribution in [0.5, 0.6) is 0 Å². The van der Waals surface area contributed by atoms with Gasteiger partial charge in [0.1, 0.15) is 11.6 Å². The first kappa shape index (κ1) is 16.2. The topological polar surface area (TPSA) is 90.1 Å². The molecule has 1 N–H and O–H groups in total. The fourth-order valence-corrected chi connectivity index (χ4v) is 2.09. The monoisotopic (exact) mass is 344 g/mol. The van der Waals surface area contributed by atoms with Gasteiger partial charge in [0.25, 0.3) is 11.6 Å². The van der Waals surface area contributed by atoms with Gasteiger partial charge in [0.15, 0.2) is 5.69 Å². The number of hydrogen-bond acceptors (Lipinski definition) is 4. The van der Waals surface area contributed by atoms with Crippen LogP contribution in [0.25, 0.3) is 5.69 Å². The molecule has 126 valence electrons. The smallest absolute Gasteiger partial charge is 0.276 e. The third kappa shape index (κ3) is 3.50. The molecule has 3 rings (SSSR count). The fraction of sp³-hybridized carbons (Fsp3) is 0. The molecule has 1 aromatic heterocycles. The largest absolute Gasteiger partial charge is 0.318 e. The second kappa shape index (κ2) is 6.48. The van der Waals surface area contributed by atoms with E-state index in [1.165, 1.54) is 41.2 Å². The van der Waals surface area contributed by atoms with Crippen LogP contribution < -0.4 is 5.32 Å². The van der Waals surface area contributed by atoms with Crippen LogP contribution in [0.3, 0.4) is 0 Å². The number of rotatable bonds is 4. The molecule has 0 atom stereocenters. The number of carbonyl (C=O) groups excluding carboxylic acids is 1. The van der Waals surface area contributed by atoms with E-state index < -0.39 is 22.5 Å². The van der Waals surface area contributed by atoms with Crippen molar-refractivity contribution >= 4 is 17.3 Å². The van der Waals surface area contributed by atoms with Gasteiger partial charge < -0.3 is 5.32 Å². The molecule has 0 unspecified atom stereocenters. The van der Waals surface area contributed by atoms with Gasteiger partial charge >= 0.3 is 0 Å². The van der Waals surface area contributed by atoms with Gasteiger partial charge in [0.2, 0.25) is 0 Å². The van der Waals surface area contributed by atoms with Crippen molar-refractivity contribution in [3.63, 3.8) is 0 Å². The minimum absolute atomic E-state index is 0.0322. The van der Waals surface area contributed by atoms with Gasteiger partial charge in [-0.1, -0.05) is 0 Å². The number of aromatic nitrogens is 2. The maximum atomic E-state index is 13.7. The number of nitro groups is 1. The Morgan fingerprint density at radius 1 is 1.12 bits per heavy atom. The summed E-state index contributed by atoms with van der Waals surface area (Å²) in [6.45, 7) is 0. The van der Waals surface area contributed by atoms with Crippen LogP contribution in [0.4, 0.5) is 20.2 Å². The van der Waals surface area contributed by atoms with Crippen molar-refractivity contribution in [3.8, 4) is 5.69 Å². The van der Waals surface area contributed by atoms with Crippen LogP contribution in [0, 0.1) is 21.7 Å². The van der Waals surface area contributed by atoms with Crippen LogP contribution in [-0.2, 0) is 0 Å². The molecule has 1 heterocycles. The van der Waals surface area contributed by atoms with Gasteiger partial charge in [-0.3, -0.25) is 14.9 Å². The quantitative estimate of drug-likeness (QED) is 0.581. The molecule has 3 aromatic rings. The molecular weight excluding hydrogens is 334 g/mol. The SMILES string of the molecule is O=C(Nc1cc([N+](=O)[O-])ccc1F)c1ccn(-c2ccc(F)cc2)n1. The van der Waals surface area contributed by atoms with Crippen LogP contribution in [0.2, 0.25) is 0 Å². The second-order valence-electron chi connectivity index (χ2n) is 5.00. The molecule has 1 amide bonds. The van der Waals surface area contributed by atoms with Crippen LogP contribution in [0.1, 0.15) is 10.5 Å². The summed E-state index contributed by atoms with van der Waals surface area (Å²) in [5.74, 6) is -1.95. The molecule has 0 aliphatic carbocycles. The molecule has 7 nitrogen and oxygen atoms in total. The normalized spacial score (nSPS) is 10.5. The number of carbonyl (C=O) groups is 1. The molecule has 0 radical (unpaired) electrons. The average molecular weight is 344 g/mol. The van der Waals surface area contributed by atoms with Crippen LogP contribution >= 0.6 is 0 Å². The summed E-state index contributed by atoms with van der Waals surface area (Å²) in [6.07, 6.45) is 1.48. The van der Waals surface area contributed by atoms with Gasteiger partial charge in [-0.05, 0) is 36.4 Å². The molecular formula is C16H10F2N4O3. The number of nitrogens with zero attached hydrogens (tertiary/aromatic N) is 3. The van der Waals surface area contributed by atoms with Crippen molar-refractivity contribution in [2.24, 2.45) is 0 Å². The van der Waals surface area contributed by atoms with Gasteiger partial charge in [-0.15, -0.1) is 0 Å². The Morgan fingerprint density at radius 3 is 2.52 bits per heavy atom. The van der Waals surface area contributed by atoms with Crippen molar-refractivity contribution in [2.75, 3.05) is 5.32 Å². The third-order valence-corrected chi connectivity index (χ3v) is 3.32. The Morgan fingerprint density at radius 2 is 1.84 bits per heavy atom. The first-order valence-electron chi connectivity index (χ1n) is 7.01. The van der Waals surface area contributed by atoms with E-state index in [0.717, 1.165) is 18.2 Å². The lowest BCUT2D eigenvalue weighted by atomic mass is 10.2. The molecule has 0 aliphatic rings. The van der Waals surface area contributed by atoms with Gasteiger partial charge in [-0.2, -0.15) is 5.10 Å². The molecule has 0 spiro atoms. The number of anilines is 1. The van der Waals surface area contributed by atoms with E-state index in [-0.39, 0.29) is 17.1 Å². The molecule has 0 bridgehead atoms. The number of nitrogens with one attached hydrogen (secondary N) is 1. The molecule has 9 heteroatoms. The van der Waals surface area contributed by atoms with Gasteiger partial charge in [0.05, 0.1) is 16.3 Å². The Labute approximate surface area is 139 Å². The highest BCUT2D eigenvalue weighted by Crippen LogP contribution is 2.21. The third-order valence-electron chi connectivity index (χ3n) is 3.32. The number of halogens is 2. The summed E-state index contributed by atoms with van der Waals surface area (Å²) in [5, 5.41) is 17.0. The summed E-state index contributed by atoms with van der Waals surface area (Å²) >= 11 is 0. The number of non-ortho nitro benzene ring substituents is 1. The van der Waals surface area contributed by atoms with E-state index in [1.54, 1.807) is 0 Å². The first-order valence-corrected chi connectivity index (χ1v) is 7.01. The van der Waals surface area contributed by atoms with Crippen molar-refractivity contribution < 1.29 is 18.5 Å². The fourth-order valence-electron chi connectivity index (χ4n) is 2.09. The Kier molecular flexibility index (Phi) is 4.21. The Balaban J connectivity index is 1.82. The number of hydrogen-bond donors (Lipinski definition) is 1. The molecule has 0 fully saturated rings. The predicted molar refractivity (Wildman–Crippen MR) is 84.5 cm³/mol. The minimum atomic E-state index is -0.808. The Bertz CT molecular complexity index is 954. The lowest BCUT2D eigenvalue weighted by Gasteiger charge is -2.05. The zero-order valence-electron chi connectivity index (χ0n) is 12.5. The van der Waals surface area contributed by atoms with Crippen molar-refractivity contribution in [1.29, 1.82) is 0 Å². The molecule has 0 aliphatic heterocycles. The van der Waals surface area contributed by atoms with E-state index in [1.807, 2.05) is 0 Å². The van der Waals surface area contributed by atoms with E-state index in [0.29, 0.717) is 5.69 Å². The average Bonchev–Trinajstić information content (AvgIpc) is 3.07. The van der Waals surface area contributed by atoms with E-state index in [4.69, 9.17) is 0 Å². The molecule has 2 aromatic carbocycles. The summed E-state index contributed by atoms with van der Waals surface area (Å²) in [4.78, 5) is 22.2. The van der Waals surface area contributed by atoms with Gasteiger partial charge in [-0.25, -0.2) is 13.5 Å².